The Hall–Kier alpha value is -2.61. The van der Waals surface area contributed by atoms with Crippen LogP contribution in [0.5, 0.6) is 5.75 Å². The van der Waals surface area contributed by atoms with Crippen molar-refractivity contribution in [1.29, 1.82) is 0 Å². The average molecular weight is 319 g/mol. The van der Waals surface area contributed by atoms with Crippen molar-refractivity contribution < 1.29 is 17.6 Å². The highest BCUT2D eigenvalue weighted by Gasteiger charge is 2.20. The number of oxazole rings is 1. The molecular weight excluding hydrogens is 306 g/mol. The van der Waals surface area contributed by atoms with Gasteiger partial charge in [0.2, 0.25) is 20.9 Å². The molecule has 0 amide bonds. The third kappa shape index (κ3) is 2.86. The zero-order valence-corrected chi connectivity index (χ0v) is 12.5. The fraction of sp³-hybridized carbons (Fsp3) is 0.143. The second-order valence-corrected chi connectivity index (χ2v) is 6.43. The standard InChI is InChI=1S/C14H13N3O4S/c1-20-12-4-2-10(3-5-12)13-17-11(8-21-13)9-22(18,19)14-15-6-7-16-14/h2-8H,9H2,1H3,(H,15,16). The Bertz CT molecular complexity index is 852. The van der Waals surface area contributed by atoms with Gasteiger partial charge in [0.15, 0.2) is 0 Å². The van der Waals surface area contributed by atoms with E-state index in [0.717, 1.165) is 11.3 Å². The van der Waals surface area contributed by atoms with E-state index in [-0.39, 0.29) is 10.9 Å². The minimum atomic E-state index is -3.56. The van der Waals surface area contributed by atoms with Gasteiger partial charge in [-0.2, -0.15) is 0 Å². The van der Waals surface area contributed by atoms with Gasteiger partial charge in [-0.3, -0.25) is 0 Å². The van der Waals surface area contributed by atoms with Crippen LogP contribution in [0.15, 0.2) is 52.5 Å². The molecule has 0 spiro atoms. The molecule has 3 rings (SSSR count). The number of aromatic nitrogens is 3. The van der Waals surface area contributed by atoms with E-state index in [0.29, 0.717) is 11.6 Å². The van der Waals surface area contributed by atoms with Crippen molar-refractivity contribution in [3.8, 4) is 17.2 Å². The molecule has 1 aromatic carbocycles. The molecule has 0 unspecified atom stereocenters. The third-order valence-electron chi connectivity index (χ3n) is 2.99. The van der Waals surface area contributed by atoms with Gasteiger partial charge < -0.3 is 14.1 Å². The summed E-state index contributed by atoms with van der Waals surface area (Å²) in [6, 6.07) is 7.13. The normalized spacial score (nSPS) is 11.5. The lowest BCUT2D eigenvalue weighted by Gasteiger charge is -1.99. The van der Waals surface area contributed by atoms with Crippen molar-refractivity contribution in [2.75, 3.05) is 7.11 Å². The molecule has 1 N–H and O–H groups in total. The Kier molecular flexibility index (Phi) is 3.68. The largest absolute Gasteiger partial charge is 0.497 e. The Morgan fingerprint density at radius 1 is 1.27 bits per heavy atom. The molecule has 0 aliphatic rings. The van der Waals surface area contributed by atoms with E-state index in [1.807, 2.05) is 0 Å². The quantitative estimate of drug-likeness (QED) is 0.773. The number of nitrogens with zero attached hydrogens (tertiary/aromatic N) is 2. The fourth-order valence-electron chi connectivity index (χ4n) is 1.92. The second kappa shape index (κ2) is 5.64. The summed E-state index contributed by atoms with van der Waals surface area (Å²) in [6.07, 6.45) is 4.18. The molecule has 0 atom stereocenters. The van der Waals surface area contributed by atoms with Gasteiger partial charge in [-0.15, -0.1) is 0 Å². The Morgan fingerprint density at radius 2 is 2.05 bits per heavy atom. The second-order valence-electron chi connectivity index (χ2n) is 4.53. The van der Waals surface area contributed by atoms with E-state index >= 15 is 0 Å². The number of hydrogen-bond donors (Lipinski definition) is 1. The van der Waals surface area contributed by atoms with Crippen LogP contribution in [0, 0.1) is 0 Å². The first kappa shape index (κ1) is 14.3. The van der Waals surface area contributed by atoms with Crippen molar-refractivity contribution in [3.63, 3.8) is 0 Å². The first-order chi connectivity index (χ1) is 10.6. The highest BCUT2D eigenvalue weighted by Crippen LogP contribution is 2.23. The van der Waals surface area contributed by atoms with Crippen LogP contribution in [0.4, 0.5) is 0 Å². The molecule has 0 bridgehead atoms. The smallest absolute Gasteiger partial charge is 0.226 e. The van der Waals surface area contributed by atoms with Gasteiger partial charge in [-0.05, 0) is 24.3 Å². The molecule has 0 saturated heterocycles. The molecule has 0 aliphatic carbocycles. The Labute approximate surface area is 126 Å². The molecule has 3 aromatic rings. The maximum atomic E-state index is 12.1. The molecule has 0 fully saturated rings. The van der Waals surface area contributed by atoms with Crippen molar-refractivity contribution in [2.45, 2.75) is 10.9 Å². The molecule has 2 heterocycles. The van der Waals surface area contributed by atoms with Gasteiger partial charge >= 0.3 is 0 Å². The SMILES string of the molecule is COc1ccc(-c2nc(CS(=O)(=O)c3ncc[nH]3)co2)cc1. The number of ether oxygens (including phenoxy) is 1. The first-order valence-corrected chi connectivity index (χ1v) is 8.05. The van der Waals surface area contributed by atoms with E-state index in [4.69, 9.17) is 9.15 Å². The number of nitrogens with one attached hydrogen (secondary N) is 1. The minimum absolute atomic E-state index is 0.0819. The number of methoxy groups -OCH3 is 1. The van der Waals surface area contributed by atoms with Gasteiger partial charge in [0.05, 0.1) is 12.8 Å². The van der Waals surface area contributed by atoms with Crippen LogP contribution in [0.1, 0.15) is 5.69 Å². The number of sulfone groups is 1. The van der Waals surface area contributed by atoms with E-state index in [1.54, 1.807) is 31.4 Å². The number of imidazole rings is 1. The molecule has 7 nitrogen and oxygen atoms in total. The third-order valence-corrected chi connectivity index (χ3v) is 4.48. The van der Waals surface area contributed by atoms with E-state index in [2.05, 4.69) is 15.0 Å². The number of benzene rings is 1. The maximum Gasteiger partial charge on any atom is 0.226 e. The van der Waals surface area contributed by atoms with Crippen LogP contribution in [0.3, 0.4) is 0 Å². The monoisotopic (exact) mass is 319 g/mol. The van der Waals surface area contributed by atoms with Crippen molar-refractivity contribution >= 4 is 9.84 Å². The van der Waals surface area contributed by atoms with Crippen LogP contribution in [-0.2, 0) is 15.6 Å². The lowest BCUT2D eigenvalue weighted by atomic mass is 10.2. The molecule has 0 radical (unpaired) electrons. The number of hydrogen-bond acceptors (Lipinski definition) is 6. The molecule has 0 aliphatic heterocycles. The summed E-state index contributed by atoms with van der Waals surface area (Å²) >= 11 is 0. The summed E-state index contributed by atoms with van der Waals surface area (Å²) in [6.45, 7) is 0. The number of aromatic amines is 1. The van der Waals surface area contributed by atoms with Crippen molar-refractivity contribution in [2.24, 2.45) is 0 Å². The summed E-state index contributed by atoms with van der Waals surface area (Å²) in [5.74, 6) is 0.795. The van der Waals surface area contributed by atoms with Gasteiger partial charge in [0.25, 0.3) is 0 Å². The van der Waals surface area contributed by atoms with E-state index < -0.39 is 9.84 Å². The Balaban J connectivity index is 1.82. The van der Waals surface area contributed by atoms with E-state index in [9.17, 15) is 8.42 Å². The first-order valence-electron chi connectivity index (χ1n) is 6.39. The van der Waals surface area contributed by atoms with E-state index in [1.165, 1.54) is 18.7 Å². The van der Waals surface area contributed by atoms with Gasteiger partial charge in [0.1, 0.15) is 17.8 Å². The average Bonchev–Trinajstić information content (AvgIpc) is 3.18. The highest BCUT2D eigenvalue weighted by molar-refractivity contribution is 7.90. The zero-order valence-electron chi connectivity index (χ0n) is 11.7. The van der Waals surface area contributed by atoms with Crippen LogP contribution in [0.2, 0.25) is 0 Å². The summed E-state index contributed by atoms with van der Waals surface area (Å²) in [5, 5.41) is -0.0819. The molecule has 0 saturated carbocycles. The predicted octanol–water partition coefficient (Wildman–Crippen LogP) is 2.05. The van der Waals surface area contributed by atoms with Gasteiger partial charge in [0, 0.05) is 18.0 Å². The summed E-state index contributed by atoms with van der Waals surface area (Å²) in [5.41, 5.74) is 1.06. The number of rotatable bonds is 5. The summed E-state index contributed by atoms with van der Waals surface area (Å²) < 4.78 is 34.6. The maximum absolute atomic E-state index is 12.1. The van der Waals surface area contributed by atoms with Gasteiger partial charge in [-0.1, -0.05) is 0 Å². The van der Waals surface area contributed by atoms with Gasteiger partial charge in [-0.25, -0.2) is 18.4 Å². The highest BCUT2D eigenvalue weighted by atomic mass is 32.2. The van der Waals surface area contributed by atoms with Crippen LogP contribution in [0.25, 0.3) is 11.5 Å². The molecule has 2 aromatic heterocycles. The van der Waals surface area contributed by atoms with Crippen molar-refractivity contribution in [3.05, 3.63) is 48.6 Å². The molecule has 22 heavy (non-hydrogen) atoms. The lowest BCUT2D eigenvalue weighted by molar-refractivity contribution is 0.415. The summed E-state index contributed by atoms with van der Waals surface area (Å²) in [7, 11) is -1.98. The summed E-state index contributed by atoms with van der Waals surface area (Å²) in [4.78, 5) is 10.5. The van der Waals surface area contributed by atoms with Crippen LogP contribution < -0.4 is 4.74 Å². The Morgan fingerprint density at radius 3 is 2.68 bits per heavy atom. The molecule has 114 valence electrons. The molecular formula is C14H13N3O4S. The zero-order chi connectivity index (χ0) is 15.6. The number of H-pyrrole nitrogens is 1. The van der Waals surface area contributed by atoms with Crippen molar-refractivity contribution in [1.82, 2.24) is 15.0 Å². The minimum Gasteiger partial charge on any atom is -0.497 e. The van der Waals surface area contributed by atoms with Crippen LogP contribution in [-0.4, -0.2) is 30.5 Å². The topological polar surface area (TPSA) is 98.1 Å². The predicted molar refractivity (Wildman–Crippen MR) is 78.0 cm³/mol. The molecule has 8 heteroatoms. The van der Waals surface area contributed by atoms with Crippen LogP contribution >= 0.6 is 0 Å². The fourth-order valence-corrected chi connectivity index (χ4v) is 3.05. The lowest BCUT2D eigenvalue weighted by Crippen LogP contribution is -2.07.